The summed E-state index contributed by atoms with van der Waals surface area (Å²) in [5.74, 6) is 1.28. The largest absolute Gasteiger partial charge is 0.507 e. The molecule has 0 aliphatic carbocycles. The number of rotatable bonds is 14. The molecular formula is C64H99O7P. The van der Waals surface area contributed by atoms with E-state index in [4.69, 9.17) is 9.05 Å². The summed E-state index contributed by atoms with van der Waals surface area (Å²) < 4.78 is 28.4. The fourth-order valence-electron chi connectivity index (χ4n) is 9.76. The van der Waals surface area contributed by atoms with Crippen LogP contribution in [0.25, 0.3) is 0 Å². The van der Waals surface area contributed by atoms with E-state index in [0.29, 0.717) is 61.5 Å². The Morgan fingerprint density at radius 3 is 0.667 bits per heavy atom. The Bertz CT molecular complexity index is 2240. The molecule has 4 aromatic rings. The lowest BCUT2D eigenvalue weighted by Crippen LogP contribution is -2.22. The maximum absolute atomic E-state index is 14.9. The number of hydrogen-bond acceptors (Lipinski definition) is 7. The molecule has 0 fully saturated rings. The summed E-state index contributed by atoms with van der Waals surface area (Å²) in [6.07, 6.45) is 2.10. The van der Waals surface area contributed by atoms with Crippen LogP contribution < -0.4 is 0 Å². The molecule has 7 nitrogen and oxygen atoms in total. The van der Waals surface area contributed by atoms with Gasteiger partial charge in [0.2, 0.25) is 0 Å². The van der Waals surface area contributed by atoms with Gasteiger partial charge in [0.25, 0.3) is 0 Å². The molecule has 4 rings (SSSR count). The van der Waals surface area contributed by atoms with Crippen LogP contribution in [0, 0.1) is 0 Å². The predicted molar refractivity (Wildman–Crippen MR) is 305 cm³/mol. The van der Waals surface area contributed by atoms with Crippen molar-refractivity contribution in [3.8, 4) is 23.0 Å². The molecule has 0 saturated carbocycles. The Balaban J connectivity index is 1.88. The molecule has 0 aliphatic rings. The van der Waals surface area contributed by atoms with Crippen LogP contribution >= 0.6 is 8.25 Å². The lowest BCUT2D eigenvalue weighted by molar-refractivity contribution is 0.120. The Hall–Kier alpha value is -3.77. The molecule has 4 N–H and O–H groups in total. The van der Waals surface area contributed by atoms with Gasteiger partial charge in [0, 0.05) is 0 Å². The molecule has 0 heterocycles. The van der Waals surface area contributed by atoms with Crippen molar-refractivity contribution in [3.05, 3.63) is 115 Å². The summed E-state index contributed by atoms with van der Waals surface area (Å²) in [5.41, 5.74) is 8.52. The minimum atomic E-state index is -3.17. The second-order valence-corrected chi connectivity index (χ2v) is 30.3. The Kier molecular flexibility index (Phi) is 18.1. The first kappa shape index (κ1) is 60.8. The van der Waals surface area contributed by atoms with Crippen LogP contribution in [-0.4, -0.2) is 32.6 Å². The molecule has 4 aromatic carbocycles. The van der Waals surface area contributed by atoms with Crippen molar-refractivity contribution in [2.24, 2.45) is 0 Å². The molecule has 0 spiro atoms. The third-order valence-electron chi connectivity index (χ3n) is 14.1. The molecule has 72 heavy (non-hydrogen) atoms. The van der Waals surface area contributed by atoms with Gasteiger partial charge in [0.1, 0.15) is 23.0 Å². The molecule has 0 aliphatic heterocycles. The normalized spacial score (nSPS) is 14.9. The van der Waals surface area contributed by atoms with E-state index in [1.54, 1.807) is 0 Å². The number of hydrogen-bond donors (Lipinski definition) is 4. The van der Waals surface area contributed by atoms with E-state index in [1.807, 2.05) is 0 Å². The van der Waals surface area contributed by atoms with Crippen LogP contribution in [-0.2, 0) is 82.6 Å². The van der Waals surface area contributed by atoms with Gasteiger partial charge in [0.15, 0.2) is 0 Å². The molecule has 0 bridgehead atoms. The monoisotopic (exact) mass is 1010 g/mol. The zero-order valence-electron chi connectivity index (χ0n) is 49.5. The van der Waals surface area contributed by atoms with E-state index >= 15 is 0 Å². The molecule has 2 unspecified atom stereocenters. The minimum absolute atomic E-state index is 0.301. The molecule has 402 valence electrons. The van der Waals surface area contributed by atoms with Gasteiger partial charge < -0.3 is 29.5 Å². The third kappa shape index (κ3) is 15.6. The maximum atomic E-state index is 14.9. The van der Waals surface area contributed by atoms with Crippen molar-refractivity contribution in [2.45, 2.75) is 260 Å². The van der Waals surface area contributed by atoms with Gasteiger partial charge in [-0.15, -0.1) is 0 Å². The Morgan fingerprint density at radius 1 is 0.333 bits per heavy atom. The van der Waals surface area contributed by atoms with E-state index < -0.39 is 20.5 Å². The lowest BCUT2D eigenvalue weighted by Gasteiger charge is -2.30. The molecule has 0 radical (unpaired) electrons. The van der Waals surface area contributed by atoms with Gasteiger partial charge in [-0.2, -0.15) is 0 Å². The third-order valence-corrected chi connectivity index (χ3v) is 15.2. The van der Waals surface area contributed by atoms with Crippen molar-refractivity contribution in [3.63, 3.8) is 0 Å². The SMILES string of the molecule is CC(C)(C)c1cc(CCC(Cc2cc(C(C)(C)C)c(O)c(C(C)(C)C)c2)O[PH](=O)OC(CCc2cc(C(C)(C)C)c(O)c(C(C)(C)C)c2)Cc2cc(C(C)(C)C)c(O)c(C(C)(C)C)c2)cc(C(C)(C)C)c1O. The van der Waals surface area contributed by atoms with Crippen LogP contribution in [0.3, 0.4) is 0 Å². The van der Waals surface area contributed by atoms with E-state index in [-0.39, 0.29) is 43.3 Å². The minimum Gasteiger partial charge on any atom is -0.507 e. The van der Waals surface area contributed by atoms with Crippen molar-refractivity contribution in [1.29, 1.82) is 0 Å². The number of benzene rings is 4. The van der Waals surface area contributed by atoms with Crippen LogP contribution in [0.15, 0.2) is 48.5 Å². The standard InChI is InChI=1S/C64H99O7P/c1-57(2,3)45-31-39(32-46(53(45)65)58(4,5)6)25-27-43(29-41-35-49(61(13,14)15)55(67)50(36-41)62(16,17)18)70-72(69)71-44(30-42-37-51(63(19,20)21)56(68)52(38-42)64(22,23)24)28-26-40-33-47(59(7,8)9)54(66)48(34-40)60(10,11)12/h31-38,43-44,65-68,72H,25-30H2,1-24H3. The Labute approximate surface area is 438 Å². The highest BCUT2D eigenvalue weighted by molar-refractivity contribution is 7.33. The number of aromatic hydroxyl groups is 4. The van der Waals surface area contributed by atoms with Crippen molar-refractivity contribution in [2.75, 3.05) is 0 Å². The van der Waals surface area contributed by atoms with Gasteiger partial charge in [-0.1, -0.05) is 215 Å². The van der Waals surface area contributed by atoms with E-state index in [0.717, 1.165) is 66.8 Å². The predicted octanol–water partition coefficient (Wildman–Crippen LogP) is 17.1. The first-order valence-electron chi connectivity index (χ1n) is 26.6. The van der Waals surface area contributed by atoms with Gasteiger partial charge in [0.05, 0.1) is 12.2 Å². The summed E-state index contributed by atoms with van der Waals surface area (Å²) >= 11 is 0. The fourth-order valence-corrected chi connectivity index (χ4v) is 10.8. The summed E-state index contributed by atoms with van der Waals surface area (Å²) in [4.78, 5) is 0. The van der Waals surface area contributed by atoms with Gasteiger partial charge in [-0.05, 0) is 149 Å². The van der Waals surface area contributed by atoms with Crippen molar-refractivity contribution in [1.82, 2.24) is 0 Å². The average molecular weight is 1010 g/mol. The zero-order chi connectivity index (χ0) is 55.3. The zero-order valence-corrected chi connectivity index (χ0v) is 50.5. The fraction of sp³-hybridized carbons (Fsp3) is 0.625. The number of aryl methyl sites for hydroxylation is 2. The summed E-state index contributed by atoms with van der Waals surface area (Å²) in [6.45, 7) is 50.8. The number of phenolic OH excluding ortho intramolecular Hbond substituents is 4. The molecule has 0 aromatic heterocycles. The van der Waals surface area contributed by atoms with Gasteiger partial charge in [-0.3, -0.25) is 4.57 Å². The van der Waals surface area contributed by atoms with Crippen molar-refractivity contribution >= 4 is 8.25 Å². The first-order chi connectivity index (χ1) is 32.3. The molecular weight excluding hydrogens is 912 g/mol. The molecule has 2 atom stereocenters. The molecule has 0 amide bonds. The van der Waals surface area contributed by atoms with Crippen LogP contribution in [0.4, 0.5) is 0 Å². The first-order valence-corrected chi connectivity index (χ1v) is 27.9. The lowest BCUT2D eigenvalue weighted by atomic mass is 9.77. The highest BCUT2D eigenvalue weighted by Crippen LogP contribution is 2.46. The average Bonchev–Trinajstić information content (AvgIpc) is 3.17. The van der Waals surface area contributed by atoms with E-state index in [1.165, 1.54) is 0 Å². The Morgan fingerprint density at radius 2 is 0.500 bits per heavy atom. The number of phenols is 4. The van der Waals surface area contributed by atoms with Gasteiger partial charge >= 0.3 is 8.25 Å². The van der Waals surface area contributed by atoms with Crippen LogP contribution in [0.1, 0.15) is 246 Å². The van der Waals surface area contributed by atoms with Crippen molar-refractivity contribution < 1.29 is 34.0 Å². The smallest absolute Gasteiger partial charge is 0.319 e. The highest BCUT2D eigenvalue weighted by atomic mass is 31.1. The summed E-state index contributed by atoms with van der Waals surface area (Å²) in [6, 6.07) is 16.8. The second kappa shape index (κ2) is 21.5. The van der Waals surface area contributed by atoms with E-state index in [9.17, 15) is 25.0 Å². The van der Waals surface area contributed by atoms with Gasteiger partial charge in [-0.25, -0.2) is 0 Å². The summed E-state index contributed by atoms with van der Waals surface area (Å²) in [7, 11) is -3.17. The van der Waals surface area contributed by atoms with Crippen LogP contribution in [0.5, 0.6) is 23.0 Å². The summed E-state index contributed by atoms with van der Waals surface area (Å²) in [5, 5.41) is 46.6. The molecule has 0 saturated heterocycles. The molecule has 8 heteroatoms. The second-order valence-electron chi connectivity index (χ2n) is 29.4. The maximum Gasteiger partial charge on any atom is 0.319 e. The topological polar surface area (TPSA) is 116 Å². The van der Waals surface area contributed by atoms with E-state index in [2.05, 4.69) is 215 Å². The highest BCUT2D eigenvalue weighted by Gasteiger charge is 2.33. The quantitative estimate of drug-likeness (QED) is 0.0930. The van der Waals surface area contributed by atoms with Crippen LogP contribution in [0.2, 0.25) is 0 Å².